The number of rotatable bonds is 5. The van der Waals surface area contributed by atoms with Crippen molar-refractivity contribution in [1.82, 2.24) is 5.32 Å². The quantitative estimate of drug-likeness (QED) is 0.613. The first-order valence-corrected chi connectivity index (χ1v) is 7.45. The number of carbonyl (C=O) groups excluding carboxylic acids is 1. The zero-order valence-electron chi connectivity index (χ0n) is 13.4. The van der Waals surface area contributed by atoms with Crippen LogP contribution < -0.4 is 5.32 Å². The fourth-order valence-electron chi connectivity index (χ4n) is 2.90. The molecule has 0 aliphatic heterocycles. The van der Waals surface area contributed by atoms with Gasteiger partial charge in [-0.15, -0.1) is 0 Å². The zero-order chi connectivity index (χ0) is 17.4. The highest BCUT2D eigenvalue weighted by Crippen LogP contribution is 2.42. The van der Waals surface area contributed by atoms with Crippen LogP contribution in [0.1, 0.15) is 37.0 Å². The lowest BCUT2D eigenvalue weighted by Crippen LogP contribution is -2.45. The van der Waals surface area contributed by atoms with Gasteiger partial charge in [0.15, 0.2) is 5.78 Å². The van der Waals surface area contributed by atoms with Crippen molar-refractivity contribution < 1.29 is 24.9 Å². The maximum atomic E-state index is 12.9. The molecule has 1 aliphatic carbocycles. The highest BCUT2D eigenvalue weighted by molar-refractivity contribution is 6.11. The molecule has 124 valence electrons. The van der Waals surface area contributed by atoms with Gasteiger partial charge in [0.2, 0.25) is 0 Å². The Balaban J connectivity index is 2.59. The molecule has 2 atom stereocenters. The van der Waals surface area contributed by atoms with Crippen molar-refractivity contribution in [1.29, 1.82) is 0 Å². The second-order valence-electron chi connectivity index (χ2n) is 6.00. The largest absolute Gasteiger partial charge is 0.507 e. The summed E-state index contributed by atoms with van der Waals surface area (Å²) in [5, 5.41) is 31.7. The number of ketones is 1. The van der Waals surface area contributed by atoms with E-state index in [9.17, 15) is 19.8 Å². The number of Topliss-reactive ketones (excluding diaryl/α,β-unsaturated/α-hetero) is 1. The van der Waals surface area contributed by atoms with E-state index in [1.54, 1.807) is 13.0 Å². The fraction of sp³-hybridized carbons (Fsp3) is 0.412. The Labute approximate surface area is 134 Å². The van der Waals surface area contributed by atoms with Gasteiger partial charge in [0.05, 0.1) is 17.5 Å². The molecule has 2 unspecified atom stereocenters. The maximum Gasteiger partial charge on any atom is 0.317 e. The van der Waals surface area contributed by atoms with Crippen LogP contribution in [-0.2, 0) is 15.0 Å². The highest BCUT2D eigenvalue weighted by atomic mass is 16.4. The minimum atomic E-state index is -1.54. The zero-order valence-corrected chi connectivity index (χ0v) is 13.4. The van der Waals surface area contributed by atoms with E-state index in [4.69, 9.17) is 5.11 Å². The van der Waals surface area contributed by atoms with Crippen molar-refractivity contribution in [3.05, 3.63) is 40.5 Å². The van der Waals surface area contributed by atoms with Crippen LogP contribution in [0.4, 0.5) is 0 Å². The van der Waals surface area contributed by atoms with Gasteiger partial charge in [-0.2, -0.15) is 0 Å². The molecule has 0 saturated heterocycles. The monoisotopic (exact) mass is 319 g/mol. The summed E-state index contributed by atoms with van der Waals surface area (Å²) in [6, 6.07) is 5.45. The van der Waals surface area contributed by atoms with E-state index in [2.05, 4.69) is 5.32 Å². The number of aliphatic hydroxyl groups is 2. The second kappa shape index (κ2) is 6.14. The predicted molar refractivity (Wildman–Crippen MR) is 85.0 cm³/mol. The van der Waals surface area contributed by atoms with Crippen molar-refractivity contribution in [2.75, 3.05) is 6.54 Å². The SMILES string of the molecule is CCC1(C)C(=O)C(C(O)NCC(=O)O)=C(O)c2cc(C)ccc21. The summed E-state index contributed by atoms with van der Waals surface area (Å²) in [6.07, 6.45) is -1.05. The number of nitrogens with one attached hydrogen (secondary N) is 1. The number of benzene rings is 1. The number of hydrogen-bond donors (Lipinski definition) is 4. The van der Waals surface area contributed by atoms with Crippen molar-refractivity contribution in [3.8, 4) is 0 Å². The molecular formula is C17H21NO5. The Bertz CT molecular complexity index is 694. The lowest BCUT2D eigenvalue weighted by molar-refractivity contribution is -0.136. The van der Waals surface area contributed by atoms with Crippen LogP contribution in [-0.4, -0.2) is 39.8 Å². The Morgan fingerprint density at radius 2 is 2.04 bits per heavy atom. The number of carboxylic acid groups (broad SMARTS) is 1. The number of hydrogen-bond acceptors (Lipinski definition) is 5. The van der Waals surface area contributed by atoms with Gasteiger partial charge in [-0.25, -0.2) is 0 Å². The molecule has 0 bridgehead atoms. The lowest BCUT2D eigenvalue weighted by Gasteiger charge is -2.36. The predicted octanol–water partition coefficient (Wildman–Crippen LogP) is 1.51. The highest BCUT2D eigenvalue weighted by Gasteiger charge is 2.44. The molecule has 0 fully saturated rings. The summed E-state index contributed by atoms with van der Waals surface area (Å²) in [6.45, 7) is 4.97. The summed E-state index contributed by atoms with van der Waals surface area (Å²) in [5.74, 6) is -1.87. The van der Waals surface area contributed by atoms with Gasteiger partial charge in [-0.3, -0.25) is 14.9 Å². The third kappa shape index (κ3) is 2.87. The van der Waals surface area contributed by atoms with E-state index in [0.717, 1.165) is 5.56 Å². The molecule has 6 heteroatoms. The summed E-state index contributed by atoms with van der Waals surface area (Å²) in [5.41, 5.74) is 1.06. The van der Waals surface area contributed by atoms with Crippen LogP contribution in [0, 0.1) is 6.92 Å². The summed E-state index contributed by atoms with van der Waals surface area (Å²) in [4.78, 5) is 23.5. The molecular weight excluding hydrogens is 298 g/mol. The van der Waals surface area contributed by atoms with Crippen LogP contribution in [0.3, 0.4) is 0 Å². The number of aryl methyl sites for hydroxylation is 1. The van der Waals surface area contributed by atoms with E-state index < -0.39 is 29.9 Å². The lowest BCUT2D eigenvalue weighted by atomic mass is 9.67. The minimum absolute atomic E-state index is 0.186. The molecule has 0 heterocycles. The van der Waals surface area contributed by atoms with Crippen LogP contribution in [0.5, 0.6) is 0 Å². The van der Waals surface area contributed by atoms with E-state index in [1.807, 2.05) is 26.0 Å². The van der Waals surface area contributed by atoms with E-state index in [-0.39, 0.29) is 11.3 Å². The average Bonchev–Trinajstić information content (AvgIpc) is 2.50. The number of carboxylic acids is 1. The second-order valence-corrected chi connectivity index (χ2v) is 6.00. The third-order valence-electron chi connectivity index (χ3n) is 4.45. The van der Waals surface area contributed by atoms with Crippen molar-refractivity contribution in [2.45, 2.75) is 38.8 Å². The first kappa shape index (κ1) is 17.2. The third-order valence-corrected chi connectivity index (χ3v) is 4.45. The van der Waals surface area contributed by atoms with Gasteiger partial charge in [-0.05, 0) is 31.9 Å². The molecule has 2 rings (SSSR count). The van der Waals surface area contributed by atoms with Gasteiger partial charge in [0, 0.05) is 5.56 Å². The Morgan fingerprint density at radius 1 is 1.39 bits per heavy atom. The van der Waals surface area contributed by atoms with E-state index in [0.29, 0.717) is 17.5 Å². The summed E-state index contributed by atoms with van der Waals surface area (Å²) in [7, 11) is 0. The van der Waals surface area contributed by atoms with Crippen LogP contribution in [0.15, 0.2) is 23.8 Å². The molecule has 0 radical (unpaired) electrons. The molecule has 0 amide bonds. The Hall–Kier alpha value is -2.18. The van der Waals surface area contributed by atoms with Crippen molar-refractivity contribution >= 4 is 17.5 Å². The average molecular weight is 319 g/mol. The van der Waals surface area contributed by atoms with Crippen molar-refractivity contribution in [2.24, 2.45) is 0 Å². The summed E-state index contributed by atoms with van der Waals surface area (Å²) < 4.78 is 0. The van der Waals surface area contributed by atoms with Crippen LogP contribution in [0.2, 0.25) is 0 Å². The molecule has 1 aliphatic rings. The number of carbonyl (C=O) groups is 2. The van der Waals surface area contributed by atoms with Gasteiger partial charge in [0.25, 0.3) is 0 Å². The van der Waals surface area contributed by atoms with Gasteiger partial charge >= 0.3 is 5.97 Å². The normalized spacial score (nSPS) is 22.0. The van der Waals surface area contributed by atoms with Crippen LogP contribution >= 0.6 is 0 Å². The van der Waals surface area contributed by atoms with Gasteiger partial charge in [0.1, 0.15) is 12.0 Å². The number of fused-ring (bicyclic) bond motifs is 1. The first-order chi connectivity index (χ1) is 10.7. The van der Waals surface area contributed by atoms with Gasteiger partial charge < -0.3 is 15.3 Å². The maximum absolute atomic E-state index is 12.9. The topological polar surface area (TPSA) is 107 Å². The minimum Gasteiger partial charge on any atom is -0.507 e. The van der Waals surface area contributed by atoms with E-state index in [1.165, 1.54) is 0 Å². The summed E-state index contributed by atoms with van der Waals surface area (Å²) >= 11 is 0. The Kier molecular flexibility index (Phi) is 4.58. The Morgan fingerprint density at radius 3 is 2.61 bits per heavy atom. The number of aliphatic carboxylic acids is 1. The smallest absolute Gasteiger partial charge is 0.317 e. The molecule has 0 aromatic heterocycles. The fourth-order valence-corrected chi connectivity index (χ4v) is 2.90. The number of aliphatic hydroxyl groups excluding tert-OH is 2. The molecule has 0 spiro atoms. The molecule has 6 nitrogen and oxygen atoms in total. The molecule has 4 N–H and O–H groups in total. The molecule has 23 heavy (non-hydrogen) atoms. The van der Waals surface area contributed by atoms with Crippen LogP contribution in [0.25, 0.3) is 5.76 Å². The van der Waals surface area contributed by atoms with E-state index >= 15 is 0 Å². The molecule has 1 aromatic rings. The standard InChI is InChI=1S/C17H21NO5/c1-4-17(3)11-6-5-9(2)7-10(11)14(21)13(15(17)22)16(23)18-8-12(19)20/h5-7,16,18,21,23H,4,8H2,1-3H3,(H,19,20). The molecule has 0 saturated carbocycles. The molecule has 1 aromatic carbocycles. The van der Waals surface area contributed by atoms with Crippen molar-refractivity contribution in [3.63, 3.8) is 0 Å². The first-order valence-electron chi connectivity index (χ1n) is 7.45. The van der Waals surface area contributed by atoms with Gasteiger partial charge in [-0.1, -0.05) is 24.6 Å².